The Bertz CT molecular complexity index is 703. The first-order valence-corrected chi connectivity index (χ1v) is 8.04. The molecule has 0 spiro atoms. The predicted octanol–water partition coefficient (Wildman–Crippen LogP) is 3.02. The van der Waals surface area contributed by atoms with Gasteiger partial charge in [-0.2, -0.15) is 0 Å². The Balaban J connectivity index is 2.29. The van der Waals surface area contributed by atoms with E-state index in [0.29, 0.717) is 5.69 Å². The monoisotopic (exact) mass is 348 g/mol. The van der Waals surface area contributed by atoms with Crippen LogP contribution >= 0.6 is 0 Å². The average Bonchev–Trinajstić information content (AvgIpc) is 2.96. The van der Waals surface area contributed by atoms with Gasteiger partial charge in [0, 0.05) is 0 Å². The van der Waals surface area contributed by atoms with Crippen LogP contribution in [0.4, 0.5) is 0 Å². The summed E-state index contributed by atoms with van der Waals surface area (Å²) in [5.74, 6) is -0.646. The summed E-state index contributed by atoms with van der Waals surface area (Å²) >= 11 is 0.0866. The van der Waals surface area contributed by atoms with Crippen LogP contribution < -0.4 is 0 Å². The Labute approximate surface area is 127 Å². The van der Waals surface area contributed by atoms with E-state index < -0.39 is 5.97 Å². The number of hydrogen-bond acceptors (Lipinski definition) is 4. The standard InChI is InChI=1S/C14H12N4O2Se/c1-2-20-14(19)12(17-18-15)8-11-9-21-13(16-11)10-6-4-3-5-7-10/h3-9H,2H2,1H3/b12-8+. The molecule has 0 N–H and O–H groups in total. The summed E-state index contributed by atoms with van der Waals surface area (Å²) in [7, 11) is 0. The second-order valence-electron chi connectivity index (χ2n) is 3.88. The van der Waals surface area contributed by atoms with Crippen molar-refractivity contribution in [2.75, 3.05) is 6.61 Å². The van der Waals surface area contributed by atoms with Crippen molar-refractivity contribution in [1.82, 2.24) is 4.98 Å². The average molecular weight is 347 g/mol. The quantitative estimate of drug-likeness (QED) is 0.208. The van der Waals surface area contributed by atoms with E-state index in [-0.39, 0.29) is 26.8 Å². The summed E-state index contributed by atoms with van der Waals surface area (Å²) in [5.41, 5.74) is 10.1. The van der Waals surface area contributed by atoms with E-state index in [9.17, 15) is 4.79 Å². The van der Waals surface area contributed by atoms with Crippen LogP contribution in [0.1, 0.15) is 12.6 Å². The van der Waals surface area contributed by atoms with Gasteiger partial charge in [-0.25, -0.2) is 0 Å². The van der Waals surface area contributed by atoms with Gasteiger partial charge >= 0.3 is 127 Å². The number of rotatable bonds is 5. The van der Waals surface area contributed by atoms with Crippen LogP contribution in [-0.2, 0) is 9.53 Å². The predicted molar refractivity (Wildman–Crippen MR) is 80.4 cm³/mol. The molecule has 0 saturated carbocycles. The SMILES string of the molecule is CCOC(=O)/C(=C\c1c[se]c(-c2ccccc2)n1)N=[N+]=[N-]. The van der Waals surface area contributed by atoms with E-state index in [0.717, 1.165) is 10.1 Å². The van der Waals surface area contributed by atoms with Crippen molar-refractivity contribution < 1.29 is 9.53 Å². The van der Waals surface area contributed by atoms with E-state index in [1.165, 1.54) is 6.08 Å². The number of azide groups is 1. The van der Waals surface area contributed by atoms with Crippen LogP contribution in [0, 0.1) is 0 Å². The maximum absolute atomic E-state index is 11.6. The summed E-state index contributed by atoms with van der Waals surface area (Å²) in [4.78, 5) is 20.7. The van der Waals surface area contributed by atoms with Gasteiger partial charge in [0.2, 0.25) is 0 Å². The second-order valence-corrected chi connectivity index (χ2v) is 5.68. The fourth-order valence-corrected chi connectivity index (χ4v) is 3.23. The van der Waals surface area contributed by atoms with Crippen LogP contribution in [-0.4, -0.2) is 32.1 Å². The van der Waals surface area contributed by atoms with E-state index in [2.05, 4.69) is 15.0 Å². The van der Waals surface area contributed by atoms with Crippen molar-refractivity contribution in [3.63, 3.8) is 0 Å². The molecule has 21 heavy (non-hydrogen) atoms. The Hall–Kier alpha value is -2.33. The fourth-order valence-electron chi connectivity index (χ4n) is 1.59. The number of carbonyl (C=O) groups excluding carboxylic acids is 1. The van der Waals surface area contributed by atoms with Crippen LogP contribution in [0.2, 0.25) is 0 Å². The number of hydrogen-bond donors (Lipinski definition) is 0. The Morgan fingerprint density at radius 3 is 2.90 bits per heavy atom. The molecule has 2 rings (SSSR count). The van der Waals surface area contributed by atoms with Crippen molar-refractivity contribution >= 4 is 26.5 Å². The van der Waals surface area contributed by atoms with Gasteiger partial charge in [-0.3, -0.25) is 0 Å². The first-order valence-electron chi connectivity index (χ1n) is 6.19. The molecule has 0 aliphatic rings. The molecule has 0 aliphatic heterocycles. The van der Waals surface area contributed by atoms with Gasteiger partial charge in [0.05, 0.1) is 0 Å². The molecule has 1 heterocycles. The summed E-state index contributed by atoms with van der Waals surface area (Å²) in [6.45, 7) is 1.91. The van der Waals surface area contributed by atoms with Crippen molar-refractivity contribution in [3.05, 3.63) is 57.1 Å². The molecule has 2 aromatic rings. The van der Waals surface area contributed by atoms with Gasteiger partial charge in [0.25, 0.3) is 0 Å². The first-order chi connectivity index (χ1) is 10.2. The third-order valence-electron chi connectivity index (χ3n) is 2.46. The number of carbonyl (C=O) groups is 1. The second kappa shape index (κ2) is 7.45. The number of aromatic nitrogens is 1. The van der Waals surface area contributed by atoms with Crippen molar-refractivity contribution in [1.29, 1.82) is 0 Å². The molecule has 0 bridgehead atoms. The van der Waals surface area contributed by atoms with Crippen molar-refractivity contribution in [2.24, 2.45) is 5.11 Å². The molecule has 0 unspecified atom stereocenters. The first kappa shape index (κ1) is 15.1. The zero-order chi connectivity index (χ0) is 15.1. The zero-order valence-corrected chi connectivity index (χ0v) is 13.0. The van der Waals surface area contributed by atoms with Gasteiger partial charge in [0.1, 0.15) is 0 Å². The molecule has 106 valence electrons. The Kier molecular flexibility index (Phi) is 5.35. The van der Waals surface area contributed by atoms with Gasteiger partial charge in [-0.1, -0.05) is 0 Å². The minimum absolute atomic E-state index is 0.0838. The Morgan fingerprint density at radius 2 is 2.24 bits per heavy atom. The van der Waals surface area contributed by atoms with E-state index in [1.807, 2.05) is 35.3 Å². The van der Waals surface area contributed by atoms with E-state index >= 15 is 0 Å². The molecular formula is C14H12N4O2Se. The molecule has 0 fully saturated rings. The number of ether oxygens (including phenoxy) is 1. The minimum atomic E-state index is -0.646. The van der Waals surface area contributed by atoms with Crippen LogP contribution in [0.15, 0.2) is 46.1 Å². The molecule has 0 amide bonds. The van der Waals surface area contributed by atoms with Gasteiger partial charge < -0.3 is 0 Å². The number of esters is 1. The molecule has 7 heteroatoms. The molecule has 0 atom stereocenters. The van der Waals surface area contributed by atoms with Crippen LogP contribution in [0.3, 0.4) is 0 Å². The molecular weight excluding hydrogens is 335 g/mol. The van der Waals surface area contributed by atoms with E-state index in [4.69, 9.17) is 10.3 Å². The number of nitrogens with zero attached hydrogens (tertiary/aromatic N) is 4. The summed E-state index contributed by atoms with van der Waals surface area (Å²) in [6.07, 6.45) is 1.45. The number of benzene rings is 1. The zero-order valence-electron chi connectivity index (χ0n) is 11.3. The summed E-state index contributed by atoms with van der Waals surface area (Å²) in [6, 6.07) is 9.82. The van der Waals surface area contributed by atoms with Gasteiger partial charge in [0.15, 0.2) is 0 Å². The third kappa shape index (κ3) is 4.06. The van der Waals surface area contributed by atoms with Crippen molar-refractivity contribution in [2.45, 2.75) is 6.92 Å². The van der Waals surface area contributed by atoms with Crippen LogP contribution in [0.5, 0.6) is 0 Å². The maximum atomic E-state index is 11.6. The van der Waals surface area contributed by atoms with Crippen LogP contribution in [0.25, 0.3) is 26.7 Å². The molecule has 0 aliphatic carbocycles. The molecule has 0 saturated heterocycles. The molecule has 0 radical (unpaired) electrons. The Morgan fingerprint density at radius 1 is 1.48 bits per heavy atom. The molecule has 6 nitrogen and oxygen atoms in total. The summed E-state index contributed by atoms with van der Waals surface area (Å²) in [5, 5.41) is 3.37. The van der Waals surface area contributed by atoms with Gasteiger partial charge in [-0.15, -0.1) is 0 Å². The summed E-state index contributed by atoms with van der Waals surface area (Å²) < 4.78 is 5.81. The van der Waals surface area contributed by atoms with E-state index in [1.54, 1.807) is 6.92 Å². The molecule has 1 aromatic heterocycles. The fraction of sp³-hybridized carbons (Fsp3) is 0.143. The van der Waals surface area contributed by atoms with Gasteiger partial charge in [-0.05, 0) is 0 Å². The topological polar surface area (TPSA) is 88.0 Å². The normalized spacial score (nSPS) is 10.8. The van der Waals surface area contributed by atoms with Crippen molar-refractivity contribution in [3.8, 4) is 10.1 Å². The third-order valence-corrected chi connectivity index (χ3v) is 4.37. The molecule has 1 aromatic carbocycles.